The van der Waals surface area contributed by atoms with Gasteiger partial charge in [-0.2, -0.15) is 0 Å². The van der Waals surface area contributed by atoms with Crippen LogP contribution in [0.15, 0.2) is 23.1 Å². The summed E-state index contributed by atoms with van der Waals surface area (Å²) in [7, 11) is 1.64. The standard InChI is InChI=1S/C16H21FN4O/c1-21-15-6-11(17)9-20-13(15)7-14(16(21)22)19-8-10-2-4-12(18)5-3-10/h6-7,9-10,12,19H,2-5,8,18H2,1H3/t10-,12-. The highest BCUT2D eigenvalue weighted by Crippen LogP contribution is 2.23. The average Bonchev–Trinajstić information content (AvgIpc) is 2.52. The van der Waals surface area contributed by atoms with Crippen molar-refractivity contribution in [3.63, 3.8) is 0 Å². The van der Waals surface area contributed by atoms with Crippen molar-refractivity contribution in [1.29, 1.82) is 0 Å². The lowest BCUT2D eigenvalue weighted by Gasteiger charge is -2.26. The highest BCUT2D eigenvalue weighted by atomic mass is 19.1. The average molecular weight is 304 g/mol. The van der Waals surface area contributed by atoms with Crippen molar-refractivity contribution < 1.29 is 4.39 Å². The number of pyridine rings is 2. The number of anilines is 1. The molecule has 1 saturated carbocycles. The molecule has 1 fully saturated rings. The van der Waals surface area contributed by atoms with Crippen LogP contribution >= 0.6 is 0 Å². The van der Waals surface area contributed by atoms with Gasteiger partial charge in [-0.05, 0) is 37.7 Å². The van der Waals surface area contributed by atoms with Crippen molar-refractivity contribution in [2.45, 2.75) is 31.7 Å². The van der Waals surface area contributed by atoms with E-state index in [0.29, 0.717) is 28.7 Å². The van der Waals surface area contributed by atoms with Gasteiger partial charge in [0, 0.05) is 25.7 Å². The van der Waals surface area contributed by atoms with E-state index >= 15 is 0 Å². The molecule has 0 aromatic carbocycles. The zero-order valence-electron chi connectivity index (χ0n) is 12.7. The Hall–Kier alpha value is -1.95. The van der Waals surface area contributed by atoms with E-state index in [2.05, 4.69) is 10.3 Å². The van der Waals surface area contributed by atoms with Crippen molar-refractivity contribution in [2.24, 2.45) is 18.7 Å². The number of aryl methyl sites for hydroxylation is 1. The largest absolute Gasteiger partial charge is 0.380 e. The first kappa shape index (κ1) is 15.0. The Morgan fingerprint density at radius 1 is 1.36 bits per heavy atom. The molecule has 3 N–H and O–H groups in total. The Kier molecular flexibility index (Phi) is 4.11. The molecule has 2 aromatic rings. The number of rotatable bonds is 3. The van der Waals surface area contributed by atoms with E-state index in [9.17, 15) is 9.18 Å². The highest BCUT2D eigenvalue weighted by Gasteiger charge is 2.18. The summed E-state index contributed by atoms with van der Waals surface area (Å²) in [6.45, 7) is 0.759. The molecule has 0 saturated heterocycles. The molecule has 5 nitrogen and oxygen atoms in total. The zero-order chi connectivity index (χ0) is 15.7. The molecule has 0 spiro atoms. The highest BCUT2D eigenvalue weighted by molar-refractivity contribution is 5.78. The van der Waals surface area contributed by atoms with Gasteiger partial charge in [0.1, 0.15) is 11.5 Å². The van der Waals surface area contributed by atoms with Gasteiger partial charge in [-0.3, -0.25) is 9.78 Å². The number of halogens is 1. The summed E-state index contributed by atoms with van der Waals surface area (Å²) in [5, 5.41) is 3.24. The van der Waals surface area contributed by atoms with Gasteiger partial charge >= 0.3 is 0 Å². The van der Waals surface area contributed by atoms with Gasteiger partial charge in [0.25, 0.3) is 5.56 Å². The fourth-order valence-electron chi connectivity index (χ4n) is 3.08. The van der Waals surface area contributed by atoms with Gasteiger partial charge in [0.05, 0.1) is 17.2 Å². The second-order valence-corrected chi connectivity index (χ2v) is 6.14. The van der Waals surface area contributed by atoms with Gasteiger partial charge < -0.3 is 15.6 Å². The van der Waals surface area contributed by atoms with Crippen LogP contribution in [-0.4, -0.2) is 22.1 Å². The lowest BCUT2D eigenvalue weighted by molar-refractivity contribution is 0.338. The molecule has 2 aromatic heterocycles. The third-order valence-corrected chi connectivity index (χ3v) is 4.51. The summed E-state index contributed by atoms with van der Waals surface area (Å²) in [5.74, 6) is 0.100. The van der Waals surface area contributed by atoms with Gasteiger partial charge in [-0.15, -0.1) is 0 Å². The van der Waals surface area contributed by atoms with E-state index < -0.39 is 5.82 Å². The number of fused-ring (bicyclic) bond motifs is 1. The predicted molar refractivity (Wildman–Crippen MR) is 85.4 cm³/mol. The van der Waals surface area contributed by atoms with Gasteiger partial charge in [-0.1, -0.05) is 0 Å². The number of nitrogens with zero attached hydrogens (tertiary/aromatic N) is 2. The normalized spacial score (nSPS) is 22.0. The minimum absolute atomic E-state index is 0.160. The lowest BCUT2D eigenvalue weighted by Crippen LogP contribution is -2.30. The van der Waals surface area contributed by atoms with E-state index in [1.165, 1.54) is 16.8 Å². The van der Waals surface area contributed by atoms with Crippen LogP contribution in [0.3, 0.4) is 0 Å². The molecule has 0 amide bonds. The number of hydrogen-bond donors (Lipinski definition) is 2. The van der Waals surface area contributed by atoms with E-state index in [1.54, 1.807) is 13.1 Å². The molecule has 22 heavy (non-hydrogen) atoms. The first-order valence-corrected chi connectivity index (χ1v) is 7.69. The van der Waals surface area contributed by atoms with Crippen LogP contribution in [0.1, 0.15) is 25.7 Å². The van der Waals surface area contributed by atoms with Crippen LogP contribution in [0.2, 0.25) is 0 Å². The van der Waals surface area contributed by atoms with Crippen molar-refractivity contribution in [3.05, 3.63) is 34.5 Å². The molecule has 6 heteroatoms. The van der Waals surface area contributed by atoms with Crippen LogP contribution < -0.4 is 16.6 Å². The number of aromatic nitrogens is 2. The summed E-state index contributed by atoms with van der Waals surface area (Å²) in [6.07, 6.45) is 5.43. The third-order valence-electron chi connectivity index (χ3n) is 4.51. The summed E-state index contributed by atoms with van der Waals surface area (Å²) in [4.78, 5) is 16.4. The maximum absolute atomic E-state index is 13.3. The first-order chi connectivity index (χ1) is 10.5. The zero-order valence-corrected chi connectivity index (χ0v) is 12.7. The molecule has 1 aliphatic carbocycles. The minimum Gasteiger partial charge on any atom is -0.380 e. The molecule has 1 aliphatic rings. The SMILES string of the molecule is Cn1c(=O)c(NC[C@H]2CC[C@H](N)CC2)cc2ncc(F)cc21. The smallest absolute Gasteiger partial charge is 0.274 e. The Morgan fingerprint density at radius 2 is 2.09 bits per heavy atom. The van der Waals surface area contributed by atoms with E-state index in [0.717, 1.165) is 32.2 Å². The monoisotopic (exact) mass is 304 g/mol. The van der Waals surface area contributed by atoms with Gasteiger partial charge in [0.15, 0.2) is 0 Å². The lowest BCUT2D eigenvalue weighted by atomic mass is 9.86. The molecule has 0 radical (unpaired) electrons. The molecule has 2 heterocycles. The maximum Gasteiger partial charge on any atom is 0.274 e. The topological polar surface area (TPSA) is 72.9 Å². The van der Waals surface area contributed by atoms with Gasteiger partial charge in [0.2, 0.25) is 0 Å². The van der Waals surface area contributed by atoms with Crippen molar-refractivity contribution in [2.75, 3.05) is 11.9 Å². The molecule has 0 bridgehead atoms. The van der Waals surface area contributed by atoms with Crippen molar-refractivity contribution >= 4 is 16.7 Å². The molecule has 0 aliphatic heterocycles. The van der Waals surface area contributed by atoms with Crippen LogP contribution in [0.5, 0.6) is 0 Å². The van der Waals surface area contributed by atoms with Crippen molar-refractivity contribution in [1.82, 2.24) is 9.55 Å². The molecule has 0 unspecified atom stereocenters. The second kappa shape index (κ2) is 6.04. The molecular formula is C16H21FN4O. The Bertz CT molecular complexity index is 735. The predicted octanol–water partition coefficient (Wildman–Crippen LogP) is 2.00. The molecular weight excluding hydrogens is 283 g/mol. The number of hydrogen-bond acceptors (Lipinski definition) is 4. The Morgan fingerprint density at radius 3 is 2.82 bits per heavy atom. The first-order valence-electron chi connectivity index (χ1n) is 7.69. The summed E-state index contributed by atoms with van der Waals surface area (Å²) in [6, 6.07) is 3.35. The van der Waals surface area contributed by atoms with E-state index in [1.807, 2.05) is 0 Å². The fraction of sp³-hybridized carbons (Fsp3) is 0.500. The van der Waals surface area contributed by atoms with Crippen LogP contribution in [0, 0.1) is 11.7 Å². The van der Waals surface area contributed by atoms with Crippen LogP contribution in [0.4, 0.5) is 10.1 Å². The number of nitrogens with one attached hydrogen (secondary N) is 1. The van der Waals surface area contributed by atoms with Crippen molar-refractivity contribution in [3.8, 4) is 0 Å². The van der Waals surface area contributed by atoms with E-state index in [4.69, 9.17) is 5.73 Å². The Labute approximate surface area is 128 Å². The summed E-state index contributed by atoms with van der Waals surface area (Å²) < 4.78 is 14.7. The quantitative estimate of drug-likeness (QED) is 0.909. The third kappa shape index (κ3) is 2.97. The summed E-state index contributed by atoms with van der Waals surface area (Å²) >= 11 is 0. The summed E-state index contributed by atoms with van der Waals surface area (Å²) in [5.41, 5.74) is 7.38. The minimum atomic E-state index is -0.443. The molecule has 3 rings (SSSR count). The van der Waals surface area contributed by atoms with E-state index in [-0.39, 0.29) is 5.56 Å². The maximum atomic E-state index is 13.3. The Balaban J connectivity index is 1.80. The fourth-order valence-corrected chi connectivity index (χ4v) is 3.08. The second-order valence-electron chi connectivity index (χ2n) is 6.14. The molecule has 118 valence electrons. The number of nitrogens with two attached hydrogens (primary N) is 1. The molecule has 0 atom stereocenters. The van der Waals surface area contributed by atoms with Crippen LogP contribution in [-0.2, 0) is 7.05 Å². The van der Waals surface area contributed by atoms with Crippen LogP contribution in [0.25, 0.3) is 11.0 Å². The van der Waals surface area contributed by atoms with Gasteiger partial charge in [-0.25, -0.2) is 4.39 Å².